The van der Waals surface area contributed by atoms with Gasteiger partial charge in [0.2, 0.25) is 0 Å². The molecule has 4 nitrogen and oxygen atoms in total. The number of rotatable bonds is 4. The van der Waals surface area contributed by atoms with Gasteiger partial charge in [-0.2, -0.15) is 0 Å². The maximum absolute atomic E-state index is 10.6. The number of halogens is 1. The quantitative estimate of drug-likeness (QED) is 0.884. The molecule has 0 aliphatic rings. The fourth-order valence-corrected chi connectivity index (χ4v) is 1.51. The molecule has 0 atom stereocenters. The number of carbonyl (C=O) groups is 1. The molecule has 1 aromatic rings. The number of nitrogens with zero attached hydrogens (tertiary/aromatic N) is 1. The predicted octanol–water partition coefficient (Wildman–Crippen LogP) is 2.50. The largest absolute Gasteiger partial charge is 0.497 e. The standard InChI is InChI=1S/C11H14ClNO3/c1-13(11(14)15)6-5-8-3-4-9(16-2)7-10(8)12/h3-4,7H,5-6H2,1-2H3,(H,14,15). The lowest BCUT2D eigenvalue weighted by molar-refractivity contribution is 0.156. The van der Waals surface area contributed by atoms with E-state index in [9.17, 15) is 4.79 Å². The highest BCUT2D eigenvalue weighted by molar-refractivity contribution is 6.31. The van der Waals surface area contributed by atoms with Crippen molar-refractivity contribution in [2.75, 3.05) is 20.7 Å². The third-order valence-corrected chi connectivity index (χ3v) is 2.66. The first-order valence-electron chi connectivity index (χ1n) is 4.81. The molecule has 0 fully saturated rings. The topological polar surface area (TPSA) is 49.8 Å². The van der Waals surface area contributed by atoms with E-state index in [4.69, 9.17) is 21.4 Å². The number of methoxy groups -OCH3 is 1. The van der Waals surface area contributed by atoms with Crippen molar-refractivity contribution < 1.29 is 14.6 Å². The van der Waals surface area contributed by atoms with Gasteiger partial charge in [-0.1, -0.05) is 17.7 Å². The minimum Gasteiger partial charge on any atom is -0.497 e. The van der Waals surface area contributed by atoms with Crippen molar-refractivity contribution in [2.24, 2.45) is 0 Å². The van der Waals surface area contributed by atoms with Crippen LogP contribution in [0.2, 0.25) is 5.02 Å². The average molecular weight is 244 g/mol. The number of hydrogen-bond acceptors (Lipinski definition) is 2. The Bertz CT molecular complexity index is 381. The summed E-state index contributed by atoms with van der Waals surface area (Å²) in [5, 5.41) is 9.28. The van der Waals surface area contributed by atoms with Crippen molar-refractivity contribution in [3.8, 4) is 5.75 Å². The van der Waals surface area contributed by atoms with Gasteiger partial charge in [0.1, 0.15) is 5.75 Å². The van der Waals surface area contributed by atoms with E-state index < -0.39 is 6.09 Å². The summed E-state index contributed by atoms with van der Waals surface area (Å²) >= 11 is 6.03. The van der Waals surface area contributed by atoms with Crippen LogP contribution in [0.5, 0.6) is 5.75 Å². The van der Waals surface area contributed by atoms with Crippen LogP contribution in [0, 0.1) is 0 Å². The van der Waals surface area contributed by atoms with Gasteiger partial charge >= 0.3 is 6.09 Å². The summed E-state index contributed by atoms with van der Waals surface area (Å²) in [6.07, 6.45) is -0.351. The molecule has 16 heavy (non-hydrogen) atoms. The maximum Gasteiger partial charge on any atom is 0.407 e. The Morgan fingerprint density at radius 2 is 2.25 bits per heavy atom. The van der Waals surface area contributed by atoms with Crippen LogP contribution in [0.25, 0.3) is 0 Å². The van der Waals surface area contributed by atoms with E-state index in [0.29, 0.717) is 23.7 Å². The summed E-state index contributed by atoms with van der Waals surface area (Å²) in [6, 6.07) is 5.37. The fraction of sp³-hybridized carbons (Fsp3) is 0.364. The molecule has 0 radical (unpaired) electrons. The molecule has 88 valence electrons. The van der Waals surface area contributed by atoms with Gasteiger partial charge < -0.3 is 14.7 Å². The number of benzene rings is 1. The Morgan fingerprint density at radius 1 is 1.56 bits per heavy atom. The number of carboxylic acid groups (broad SMARTS) is 1. The van der Waals surface area contributed by atoms with Gasteiger partial charge in [-0.15, -0.1) is 0 Å². The summed E-state index contributed by atoms with van der Waals surface area (Å²) < 4.78 is 5.02. The maximum atomic E-state index is 10.6. The zero-order chi connectivity index (χ0) is 12.1. The molecule has 0 saturated carbocycles. The second-order valence-corrected chi connectivity index (χ2v) is 3.82. The highest BCUT2D eigenvalue weighted by Crippen LogP contribution is 2.22. The highest BCUT2D eigenvalue weighted by Gasteiger charge is 2.07. The Hall–Kier alpha value is -1.42. The molecule has 0 heterocycles. The molecule has 1 amide bonds. The molecule has 0 aliphatic carbocycles. The molecule has 0 bridgehead atoms. The zero-order valence-corrected chi connectivity index (χ0v) is 9.99. The van der Waals surface area contributed by atoms with Crippen molar-refractivity contribution in [3.63, 3.8) is 0 Å². The van der Waals surface area contributed by atoms with E-state index in [1.165, 1.54) is 11.9 Å². The molecular weight excluding hydrogens is 230 g/mol. The van der Waals surface area contributed by atoms with Crippen molar-refractivity contribution in [1.82, 2.24) is 4.90 Å². The van der Waals surface area contributed by atoms with Crippen LogP contribution in [0.15, 0.2) is 18.2 Å². The Morgan fingerprint density at radius 3 is 2.75 bits per heavy atom. The summed E-state index contributed by atoms with van der Waals surface area (Å²) in [6.45, 7) is 0.418. The van der Waals surface area contributed by atoms with Gasteiger partial charge in [0.25, 0.3) is 0 Å². The lowest BCUT2D eigenvalue weighted by atomic mass is 10.1. The molecule has 0 spiro atoms. The van der Waals surface area contributed by atoms with Crippen molar-refractivity contribution in [1.29, 1.82) is 0 Å². The van der Waals surface area contributed by atoms with E-state index in [0.717, 1.165) is 5.56 Å². The third kappa shape index (κ3) is 3.31. The first-order valence-corrected chi connectivity index (χ1v) is 5.19. The van der Waals surface area contributed by atoms with E-state index in [1.807, 2.05) is 12.1 Å². The van der Waals surface area contributed by atoms with Gasteiger partial charge in [-0.3, -0.25) is 0 Å². The van der Waals surface area contributed by atoms with E-state index in [2.05, 4.69) is 0 Å². The van der Waals surface area contributed by atoms with Gasteiger partial charge in [-0.25, -0.2) is 4.79 Å². The fourth-order valence-electron chi connectivity index (χ4n) is 1.24. The van der Waals surface area contributed by atoms with Gasteiger partial charge in [0, 0.05) is 18.6 Å². The second kappa shape index (κ2) is 5.61. The van der Waals surface area contributed by atoms with Crippen LogP contribution in [0.3, 0.4) is 0 Å². The summed E-state index contributed by atoms with van der Waals surface area (Å²) in [5.74, 6) is 0.695. The molecule has 5 heteroatoms. The number of likely N-dealkylation sites (N-methyl/N-ethyl adjacent to an activating group) is 1. The monoisotopic (exact) mass is 243 g/mol. The van der Waals surface area contributed by atoms with Crippen molar-refractivity contribution in [2.45, 2.75) is 6.42 Å². The molecule has 0 saturated heterocycles. The Balaban J connectivity index is 2.64. The number of amides is 1. The third-order valence-electron chi connectivity index (χ3n) is 2.30. The molecular formula is C11H14ClNO3. The van der Waals surface area contributed by atoms with Crippen LogP contribution >= 0.6 is 11.6 Å². The molecule has 0 unspecified atom stereocenters. The first-order chi connectivity index (χ1) is 7.54. The second-order valence-electron chi connectivity index (χ2n) is 3.41. The zero-order valence-electron chi connectivity index (χ0n) is 9.24. The normalized spacial score (nSPS) is 9.94. The summed E-state index contributed by atoms with van der Waals surface area (Å²) in [5.41, 5.74) is 0.913. The Labute approximate surface area is 99.4 Å². The van der Waals surface area contributed by atoms with E-state index in [1.54, 1.807) is 13.2 Å². The summed E-state index contributed by atoms with van der Waals surface area (Å²) in [7, 11) is 3.10. The smallest absolute Gasteiger partial charge is 0.407 e. The van der Waals surface area contributed by atoms with Crippen LogP contribution in [0.4, 0.5) is 4.79 Å². The summed E-state index contributed by atoms with van der Waals surface area (Å²) in [4.78, 5) is 11.8. The van der Waals surface area contributed by atoms with Crippen LogP contribution in [-0.2, 0) is 6.42 Å². The molecule has 1 aromatic carbocycles. The van der Waals surface area contributed by atoms with E-state index in [-0.39, 0.29) is 0 Å². The first kappa shape index (κ1) is 12.6. The minimum absolute atomic E-state index is 0.418. The highest BCUT2D eigenvalue weighted by atomic mass is 35.5. The Kier molecular flexibility index (Phi) is 4.43. The average Bonchev–Trinajstić information content (AvgIpc) is 2.26. The number of hydrogen-bond donors (Lipinski definition) is 1. The van der Waals surface area contributed by atoms with Crippen LogP contribution < -0.4 is 4.74 Å². The van der Waals surface area contributed by atoms with Crippen LogP contribution in [0.1, 0.15) is 5.56 Å². The lowest BCUT2D eigenvalue weighted by Gasteiger charge is -2.13. The predicted molar refractivity (Wildman–Crippen MR) is 62.4 cm³/mol. The van der Waals surface area contributed by atoms with Crippen molar-refractivity contribution >= 4 is 17.7 Å². The van der Waals surface area contributed by atoms with Crippen LogP contribution in [-0.4, -0.2) is 36.8 Å². The SMILES string of the molecule is COc1ccc(CCN(C)C(=O)O)c(Cl)c1. The van der Waals surface area contributed by atoms with Crippen molar-refractivity contribution in [3.05, 3.63) is 28.8 Å². The van der Waals surface area contributed by atoms with E-state index >= 15 is 0 Å². The molecule has 1 N–H and O–H groups in total. The van der Waals surface area contributed by atoms with Gasteiger partial charge in [-0.05, 0) is 24.1 Å². The molecule has 0 aromatic heterocycles. The number of ether oxygens (including phenoxy) is 1. The molecule has 1 rings (SSSR count). The lowest BCUT2D eigenvalue weighted by Crippen LogP contribution is -2.26. The van der Waals surface area contributed by atoms with Gasteiger partial charge in [0.15, 0.2) is 0 Å². The van der Waals surface area contributed by atoms with Gasteiger partial charge in [0.05, 0.1) is 7.11 Å². The molecule has 0 aliphatic heterocycles. The minimum atomic E-state index is -0.940.